The van der Waals surface area contributed by atoms with Gasteiger partial charge in [0.15, 0.2) is 5.75 Å². The molecule has 0 amide bonds. The van der Waals surface area contributed by atoms with Crippen molar-refractivity contribution in [3.8, 4) is 17.1 Å². The Hall–Kier alpha value is -2.03. The SMILES string of the molecule is CCCCCCCCCC(C)c1oc(-c2ccccc2)cc1OC(=O)C(C)(C)C. The van der Waals surface area contributed by atoms with Crippen molar-refractivity contribution < 1.29 is 13.9 Å². The lowest BCUT2D eigenvalue weighted by Crippen LogP contribution is -2.25. The Kier molecular flexibility index (Phi) is 9.00. The number of hydrogen-bond acceptors (Lipinski definition) is 3. The highest BCUT2D eigenvalue weighted by atomic mass is 16.5. The van der Waals surface area contributed by atoms with Crippen molar-refractivity contribution in [3.05, 3.63) is 42.2 Å². The van der Waals surface area contributed by atoms with Crippen LogP contribution in [-0.2, 0) is 4.79 Å². The number of esters is 1. The number of hydrogen-bond donors (Lipinski definition) is 0. The summed E-state index contributed by atoms with van der Waals surface area (Å²) in [5.74, 6) is 2.09. The first-order valence-corrected chi connectivity index (χ1v) is 11.2. The molecule has 0 radical (unpaired) electrons. The molecule has 2 aromatic rings. The van der Waals surface area contributed by atoms with E-state index in [-0.39, 0.29) is 11.9 Å². The third kappa shape index (κ3) is 7.38. The summed E-state index contributed by atoms with van der Waals surface area (Å²) in [6.45, 7) is 10.0. The van der Waals surface area contributed by atoms with Gasteiger partial charge < -0.3 is 9.15 Å². The molecule has 3 heteroatoms. The molecule has 1 atom stereocenters. The lowest BCUT2D eigenvalue weighted by Gasteiger charge is -2.17. The summed E-state index contributed by atoms with van der Waals surface area (Å²) in [5, 5.41) is 0. The summed E-state index contributed by atoms with van der Waals surface area (Å²) in [6.07, 6.45) is 10.1. The van der Waals surface area contributed by atoms with E-state index in [0.717, 1.165) is 23.5 Å². The Bertz CT molecular complexity index is 737. The Morgan fingerprint density at radius 3 is 2.24 bits per heavy atom. The second kappa shape index (κ2) is 11.2. The van der Waals surface area contributed by atoms with Crippen LogP contribution in [0.25, 0.3) is 11.3 Å². The maximum Gasteiger partial charge on any atom is 0.316 e. The molecule has 0 aliphatic rings. The first-order valence-electron chi connectivity index (χ1n) is 11.2. The van der Waals surface area contributed by atoms with E-state index in [2.05, 4.69) is 13.8 Å². The summed E-state index contributed by atoms with van der Waals surface area (Å²) in [7, 11) is 0. The van der Waals surface area contributed by atoms with Crippen LogP contribution < -0.4 is 4.74 Å². The number of rotatable bonds is 11. The summed E-state index contributed by atoms with van der Waals surface area (Å²) in [6, 6.07) is 11.9. The van der Waals surface area contributed by atoms with Crippen molar-refractivity contribution in [2.75, 3.05) is 0 Å². The van der Waals surface area contributed by atoms with Crippen LogP contribution in [0.2, 0.25) is 0 Å². The van der Waals surface area contributed by atoms with Gasteiger partial charge in [-0.15, -0.1) is 0 Å². The smallest absolute Gasteiger partial charge is 0.316 e. The van der Waals surface area contributed by atoms with Crippen LogP contribution in [-0.4, -0.2) is 5.97 Å². The molecule has 0 saturated carbocycles. The molecule has 0 fully saturated rings. The summed E-state index contributed by atoms with van der Waals surface area (Å²) < 4.78 is 12.0. The van der Waals surface area contributed by atoms with E-state index in [0.29, 0.717) is 5.75 Å². The number of furan rings is 1. The maximum atomic E-state index is 12.5. The highest BCUT2D eigenvalue weighted by molar-refractivity contribution is 5.78. The van der Waals surface area contributed by atoms with Gasteiger partial charge in [-0.05, 0) is 27.2 Å². The van der Waals surface area contributed by atoms with Gasteiger partial charge in [-0.25, -0.2) is 0 Å². The Balaban J connectivity index is 2.07. The van der Waals surface area contributed by atoms with Crippen LogP contribution in [0, 0.1) is 5.41 Å². The van der Waals surface area contributed by atoms with Crippen molar-refractivity contribution >= 4 is 5.97 Å². The molecule has 160 valence electrons. The van der Waals surface area contributed by atoms with Gasteiger partial charge in [0, 0.05) is 17.5 Å². The zero-order valence-corrected chi connectivity index (χ0v) is 18.9. The number of carbonyl (C=O) groups is 1. The first-order chi connectivity index (χ1) is 13.8. The fraction of sp³-hybridized carbons (Fsp3) is 0.577. The van der Waals surface area contributed by atoms with E-state index in [4.69, 9.17) is 9.15 Å². The molecule has 1 unspecified atom stereocenters. The standard InChI is InChI=1S/C26H38O3/c1-6-7-8-9-10-11-13-16-20(2)24-23(29-25(27)26(3,4)5)19-22(28-24)21-17-14-12-15-18-21/h12,14-15,17-20H,6-11,13,16H2,1-5H3. The molecule has 29 heavy (non-hydrogen) atoms. The molecule has 0 saturated heterocycles. The largest absolute Gasteiger partial charge is 0.457 e. The maximum absolute atomic E-state index is 12.5. The lowest BCUT2D eigenvalue weighted by molar-refractivity contribution is -0.143. The Morgan fingerprint density at radius 1 is 1.00 bits per heavy atom. The van der Waals surface area contributed by atoms with Gasteiger partial charge in [0.2, 0.25) is 0 Å². The fourth-order valence-electron chi connectivity index (χ4n) is 3.35. The average Bonchev–Trinajstić information content (AvgIpc) is 3.11. The predicted octanol–water partition coefficient (Wildman–Crippen LogP) is 8.14. The highest BCUT2D eigenvalue weighted by Gasteiger charge is 2.27. The highest BCUT2D eigenvalue weighted by Crippen LogP contribution is 2.38. The van der Waals surface area contributed by atoms with Gasteiger partial charge in [-0.2, -0.15) is 0 Å². The first kappa shape index (κ1) is 23.3. The van der Waals surface area contributed by atoms with Crippen LogP contribution in [0.5, 0.6) is 5.75 Å². The Labute approximate surface area is 176 Å². The Morgan fingerprint density at radius 2 is 1.62 bits per heavy atom. The normalized spacial score (nSPS) is 12.7. The molecule has 0 spiro atoms. The minimum atomic E-state index is -0.552. The fourth-order valence-corrected chi connectivity index (χ4v) is 3.35. The van der Waals surface area contributed by atoms with Crippen LogP contribution in [0.15, 0.2) is 40.8 Å². The van der Waals surface area contributed by atoms with E-state index in [1.54, 1.807) is 0 Å². The number of ether oxygens (including phenoxy) is 1. The van der Waals surface area contributed by atoms with Gasteiger partial charge in [0.25, 0.3) is 0 Å². The minimum Gasteiger partial charge on any atom is -0.457 e. The van der Waals surface area contributed by atoms with Crippen LogP contribution in [0.4, 0.5) is 0 Å². The molecule has 0 aliphatic heterocycles. The van der Waals surface area contributed by atoms with Gasteiger partial charge in [-0.3, -0.25) is 4.79 Å². The van der Waals surface area contributed by atoms with Crippen molar-refractivity contribution in [3.63, 3.8) is 0 Å². The predicted molar refractivity (Wildman–Crippen MR) is 120 cm³/mol. The molecule has 1 aromatic heterocycles. The molecule has 3 nitrogen and oxygen atoms in total. The third-order valence-corrected chi connectivity index (χ3v) is 5.29. The van der Waals surface area contributed by atoms with Gasteiger partial charge >= 0.3 is 5.97 Å². The molecular weight excluding hydrogens is 360 g/mol. The second-order valence-electron chi connectivity index (χ2n) is 9.16. The van der Waals surface area contributed by atoms with E-state index in [1.807, 2.05) is 57.2 Å². The molecule has 2 rings (SSSR count). The number of benzene rings is 1. The molecule has 0 N–H and O–H groups in total. The van der Waals surface area contributed by atoms with E-state index in [9.17, 15) is 4.79 Å². The molecule has 1 aromatic carbocycles. The van der Waals surface area contributed by atoms with E-state index >= 15 is 0 Å². The molecule has 0 bridgehead atoms. The van der Waals surface area contributed by atoms with Crippen LogP contribution in [0.3, 0.4) is 0 Å². The number of carbonyl (C=O) groups excluding carboxylic acids is 1. The van der Waals surface area contributed by atoms with Crippen molar-refractivity contribution in [1.82, 2.24) is 0 Å². The number of unbranched alkanes of at least 4 members (excludes halogenated alkanes) is 6. The third-order valence-electron chi connectivity index (χ3n) is 5.29. The zero-order valence-electron chi connectivity index (χ0n) is 18.9. The average molecular weight is 399 g/mol. The van der Waals surface area contributed by atoms with Gasteiger partial charge in [0.1, 0.15) is 11.5 Å². The summed E-state index contributed by atoms with van der Waals surface area (Å²) >= 11 is 0. The monoisotopic (exact) mass is 398 g/mol. The van der Waals surface area contributed by atoms with Gasteiger partial charge in [0.05, 0.1) is 5.41 Å². The summed E-state index contributed by atoms with van der Waals surface area (Å²) in [4.78, 5) is 12.5. The quantitative estimate of drug-likeness (QED) is 0.283. The van der Waals surface area contributed by atoms with Crippen LogP contribution in [0.1, 0.15) is 97.7 Å². The molecular formula is C26H38O3. The summed E-state index contributed by atoms with van der Waals surface area (Å²) in [5.41, 5.74) is 0.443. The van der Waals surface area contributed by atoms with Crippen molar-refractivity contribution in [1.29, 1.82) is 0 Å². The van der Waals surface area contributed by atoms with E-state index < -0.39 is 5.41 Å². The molecule has 1 heterocycles. The lowest BCUT2D eigenvalue weighted by atomic mass is 9.97. The molecule has 0 aliphatic carbocycles. The topological polar surface area (TPSA) is 39.4 Å². The second-order valence-corrected chi connectivity index (χ2v) is 9.16. The van der Waals surface area contributed by atoms with Crippen LogP contribution >= 0.6 is 0 Å². The van der Waals surface area contributed by atoms with Gasteiger partial charge in [-0.1, -0.05) is 89.1 Å². The van der Waals surface area contributed by atoms with Crippen molar-refractivity contribution in [2.45, 2.75) is 91.9 Å². The zero-order chi connectivity index (χ0) is 21.3. The van der Waals surface area contributed by atoms with E-state index in [1.165, 1.54) is 44.9 Å². The van der Waals surface area contributed by atoms with Crippen molar-refractivity contribution in [2.24, 2.45) is 5.41 Å². The minimum absolute atomic E-state index is 0.214.